The molecule has 0 fully saturated rings. The van der Waals surface area contributed by atoms with Crippen LogP contribution < -0.4 is 15.4 Å². The van der Waals surface area contributed by atoms with Crippen LogP contribution >= 0.6 is 23.2 Å². The number of methoxy groups -OCH3 is 1. The highest BCUT2D eigenvalue weighted by atomic mass is 35.5. The van der Waals surface area contributed by atoms with E-state index in [9.17, 15) is 9.59 Å². The summed E-state index contributed by atoms with van der Waals surface area (Å²) in [5, 5.41) is 6.31. The summed E-state index contributed by atoms with van der Waals surface area (Å²) in [6.45, 7) is 4.95. The van der Waals surface area contributed by atoms with Crippen molar-refractivity contribution in [2.45, 2.75) is 20.8 Å². The number of hydrogen-bond donors (Lipinski definition) is 2. The van der Waals surface area contributed by atoms with E-state index < -0.39 is 17.2 Å². The standard InChI is InChI=1S/C19H20Cl2N2O3/c1-11-5-6-12(9-14(11)20)22-17(24)19(2,3)18(25)23-13-7-8-16(26-4)15(21)10-13/h5-10H,1-4H3,(H,22,24)(H,23,25). The molecule has 2 aromatic carbocycles. The van der Waals surface area contributed by atoms with Crippen molar-refractivity contribution in [3.05, 3.63) is 52.0 Å². The number of halogens is 2. The quantitative estimate of drug-likeness (QED) is 0.707. The summed E-state index contributed by atoms with van der Waals surface area (Å²) in [6, 6.07) is 10.0. The normalized spacial score (nSPS) is 11.0. The highest BCUT2D eigenvalue weighted by Gasteiger charge is 2.36. The third-order valence-corrected chi connectivity index (χ3v) is 4.68. The van der Waals surface area contributed by atoms with Gasteiger partial charge in [-0.05, 0) is 56.7 Å². The maximum Gasteiger partial charge on any atom is 0.239 e. The molecule has 0 atom stereocenters. The molecule has 2 rings (SSSR count). The lowest BCUT2D eigenvalue weighted by Crippen LogP contribution is -2.41. The molecule has 0 aliphatic carbocycles. The number of carbonyl (C=O) groups excluding carboxylic acids is 2. The topological polar surface area (TPSA) is 67.4 Å². The number of amides is 2. The molecule has 0 saturated carbocycles. The Morgan fingerprint density at radius 1 is 0.923 bits per heavy atom. The molecule has 0 bridgehead atoms. The molecule has 2 N–H and O–H groups in total. The van der Waals surface area contributed by atoms with Gasteiger partial charge in [-0.25, -0.2) is 0 Å². The van der Waals surface area contributed by atoms with Gasteiger partial charge >= 0.3 is 0 Å². The van der Waals surface area contributed by atoms with Gasteiger partial charge in [-0.15, -0.1) is 0 Å². The third-order valence-electron chi connectivity index (χ3n) is 3.97. The van der Waals surface area contributed by atoms with E-state index in [1.807, 2.05) is 6.92 Å². The molecule has 5 nitrogen and oxygen atoms in total. The van der Waals surface area contributed by atoms with Gasteiger partial charge in [0.05, 0.1) is 12.1 Å². The lowest BCUT2D eigenvalue weighted by atomic mass is 9.90. The minimum absolute atomic E-state index is 0.363. The Morgan fingerprint density at radius 3 is 1.88 bits per heavy atom. The number of hydrogen-bond acceptors (Lipinski definition) is 3. The molecule has 0 aliphatic rings. The molecule has 0 unspecified atom stereocenters. The Kier molecular flexibility index (Phi) is 6.16. The van der Waals surface area contributed by atoms with Gasteiger partial charge in [-0.2, -0.15) is 0 Å². The van der Waals surface area contributed by atoms with E-state index in [0.717, 1.165) is 5.56 Å². The van der Waals surface area contributed by atoms with Gasteiger partial charge in [0, 0.05) is 16.4 Å². The van der Waals surface area contributed by atoms with Crippen molar-refractivity contribution < 1.29 is 14.3 Å². The van der Waals surface area contributed by atoms with Crippen LogP contribution in [0.4, 0.5) is 11.4 Å². The van der Waals surface area contributed by atoms with E-state index in [0.29, 0.717) is 27.2 Å². The van der Waals surface area contributed by atoms with E-state index >= 15 is 0 Å². The molecule has 0 saturated heterocycles. The fourth-order valence-electron chi connectivity index (χ4n) is 2.09. The van der Waals surface area contributed by atoms with Crippen LogP contribution in [0.15, 0.2) is 36.4 Å². The van der Waals surface area contributed by atoms with E-state index in [1.54, 1.807) is 50.2 Å². The van der Waals surface area contributed by atoms with Crippen molar-refractivity contribution in [1.82, 2.24) is 0 Å². The second kappa shape index (κ2) is 7.98. The van der Waals surface area contributed by atoms with Gasteiger partial charge in [-0.1, -0.05) is 29.3 Å². The second-order valence-corrected chi connectivity index (χ2v) is 7.16. The average molecular weight is 395 g/mol. The summed E-state index contributed by atoms with van der Waals surface area (Å²) in [4.78, 5) is 25.1. The Morgan fingerprint density at radius 2 is 1.42 bits per heavy atom. The van der Waals surface area contributed by atoms with Gasteiger partial charge in [0.15, 0.2) is 0 Å². The lowest BCUT2D eigenvalue weighted by Gasteiger charge is -2.23. The van der Waals surface area contributed by atoms with Crippen LogP contribution in [0.1, 0.15) is 19.4 Å². The number of ether oxygens (including phenoxy) is 1. The number of anilines is 2. The molecule has 0 radical (unpaired) electrons. The van der Waals surface area contributed by atoms with Gasteiger partial charge in [0.2, 0.25) is 11.8 Å². The summed E-state index contributed by atoms with van der Waals surface area (Å²) in [6.07, 6.45) is 0. The molecule has 0 spiro atoms. The summed E-state index contributed by atoms with van der Waals surface area (Å²) in [5.41, 5.74) is 0.584. The fourth-order valence-corrected chi connectivity index (χ4v) is 2.53. The number of nitrogens with one attached hydrogen (secondary N) is 2. The summed E-state index contributed by atoms with van der Waals surface area (Å²) < 4.78 is 5.08. The van der Waals surface area contributed by atoms with E-state index in [1.165, 1.54) is 7.11 Å². The number of aryl methyl sites for hydroxylation is 1. The molecular weight excluding hydrogens is 375 g/mol. The van der Waals surface area contributed by atoms with Crippen LogP contribution in [0, 0.1) is 12.3 Å². The molecule has 2 amide bonds. The predicted octanol–water partition coefficient (Wildman–Crippen LogP) is 4.91. The Hall–Kier alpha value is -2.24. The molecule has 2 aromatic rings. The smallest absolute Gasteiger partial charge is 0.239 e. The Balaban J connectivity index is 2.11. The average Bonchev–Trinajstić information content (AvgIpc) is 2.58. The van der Waals surface area contributed by atoms with Crippen molar-refractivity contribution in [1.29, 1.82) is 0 Å². The molecule has 7 heteroatoms. The molecular formula is C19H20Cl2N2O3. The van der Waals surface area contributed by atoms with Crippen molar-refractivity contribution in [2.24, 2.45) is 5.41 Å². The van der Waals surface area contributed by atoms with Crippen LogP contribution in [0.5, 0.6) is 5.75 Å². The fraction of sp³-hybridized carbons (Fsp3) is 0.263. The second-order valence-electron chi connectivity index (χ2n) is 6.35. The molecule has 0 heterocycles. The maximum absolute atomic E-state index is 12.6. The minimum atomic E-state index is -1.32. The van der Waals surface area contributed by atoms with Gasteiger partial charge in [-0.3, -0.25) is 9.59 Å². The van der Waals surface area contributed by atoms with E-state index in [2.05, 4.69) is 10.6 Å². The first-order valence-corrected chi connectivity index (χ1v) is 8.63. The SMILES string of the molecule is COc1ccc(NC(=O)C(C)(C)C(=O)Nc2ccc(C)c(Cl)c2)cc1Cl. The number of rotatable bonds is 5. The van der Waals surface area contributed by atoms with E-state index in [4.69, 9.17) is 27.9 Å². The molecule has 26 heavy (non-hydrogen) atoms. The number of benzene rings is 2. The zero-order valence-corrected chi connectivity index (χ0v) is 16.5. The monoisotopic (exact) mass is 394 g/mol. The van der Waals surface area contributed by atoms with Crippen molar-refractivity contribution in [3.63, 3.8) is 0 Å². The zero-order valence-electron chi connectivity index (χ0n) is 14.9. The van der Waals surface area contributed by atoms with Crippen LogP contribution in [0.25, 0.3) is 0 Å². The van der Waals surface area contributed by atoms with Gasteiger partial charge < -0.3 is 15.4 Å². The molecule has 138 valence electrons. The predicted molar refractivity (Wildman–Crippen MR) is 105 cm³/mol. The van der Waals surface area contributed by atoms with Crippen molar-refractivity contribution in [2.75, 3.05) is 17.7 Å². The molecule has 0 aromatic heterocycles. The first-order chi connectivity index (χ1) is 12.1. The zero-order chi connectivity index (χ0) is 19.5. The maximum atomic E-state index is 12.6. The van der Waals surface area contributed by atoms with Crippen molar-refractivity contribution >= 4 is 46.4 Å². The first kappa shape index (κ1) is 20.1. The minimum Gasteiger partial charge on any atom is -0.495 e. The van der Waals surface area contributed by atoms with Crippen molar-refractivity contribution in [3.8, 4) is 5.75 Å². The van der Waals surface area contributed by atoms with E-state index in [-0.39, 0.29) is 0 Å². The number of carbonyl (C=O) groups is 2. The third kappa shape index (κ3) is 4.48. The summed E-state index contributed by atoms with van der Waals surface area (Å²) >= 11 is 12.1. The van der Waals surface area contributed by atoms with Gasteiger partial charge in [0.1, 0.15) is 11.2 Å². The highest BCUT2D eigenvalue weighted by Crippen LogP contribution is 2.29. The van der Waals surface area contributed by atoms with Crippen LogP contribution in [0.3, 0.4) is 0 Å². The Labute approximate surface area is 162 Å². The summed E-state index contributed by atoms with van der Waals surface area (Å²) in [5.74, 6) is -0.415. The molecule has 0 aliphatic heterocycles. The highest BCUT2D eigenvalue weighted by molar-refractivity contribution is 6.32. The first-order valence-electron chi connectivity index (χ1n) is 7.87. The van der Waals surface area contributed by atoms with Crippen LogP contribution in [-0.4, -0.2) is 18.9 Å². The van der Waals surface area contributed by atoms with Crippen LogP contribution in [0.2, 0.25) is 10.0 Å². The summed E-state index contributed by atoms with van der Waals surface area (Å²) in [7, 11) is 1.50. The lowest BCUT2D eigenvalue weighted by molar-refractivity contribution is -0.135. The van der Waals surface area contributed by atoms with Crippen LogP contribution in [-0.2, 0) is 9.59 Å². The Bertz CT molecular complexity index is 851. The largest absolute Gasteiger partial charge is 0.495 e. The van der Waals surface area contributed by atoms with Gasteiger partial charge in [0.25, 0.3) is 0 Å².